The van der Waals surface area contributed by atoms with E-state index in [9.17, 15) is 14.4 Å². The second-order valence-corrected chi connectivity index (χ2v) is 6.84. The largest absolute Gasteiger partial charge is 0.495 e. The van der Waals surface area contributed by atoms with E-state index in [1.807, 2.05) is 36.4 Å². The molecular formula is C24H24N2O5. The molecule has 3 aromatic carbocycles. The summed E-state index contributed by atoms with van der Waals surface area (Å²) in [5, 5.41) is 7.42. The molecule has 0 spiro atoms. The number of ether oxygens (including phenoxy) is 2. The number of esters is 1. The Bertz CT molecular complexity index is 1080. The highest BCUT2D eigenvalue weighted by molar-refractivity contribution is 6.02. The average Bonchev–Trinajstić information content (AvgIpc) is 2.78. The van der Waals surface area contributed by atoms with Crippen LogP contribution in [-0.4, -0.2) is 31.5 Å². The van der Waals surface area contributed by atoms with Crippen LogP contribution in [0.2, 0.25) is 0 Å². The number of fused-ring (bicyclic) bond motifs is 1. The van der Waals surface area contributed by atoms with Crippen LogP contribution in [0.25, 0.3) is 10.8 Å². The number of carbonyl (C=O) groups is 3. The second kappa shape index (κ2) is 10.8. The van der Waals surface area contributed by atoms with Crippen molar-refractivity contribution in [3.05, 3.63) is 66.7 Å². The molecule has 0 aromatic heterocycles. The topological polar surface area (TPSA) is 93.7 Å². The fourth-order valence-corrected chi connectivity index (χ4v) is 3.09. The number of hydrogen-bond acceptors (Lipinski definition) is 5. The predicted octanol–water partition coefficient (Wildman–Crippen LogP) is 4.14. The molecule has 0 fully saturated rings. The van der Waals surface area contributed by atoms with E-state index in [1.54, 1.807) is 30.3 Å². The molecule has 0 heterocycles. The molecule has 0 unspecified atom stereocenters. The number of hydrogen-bond donors (Lipinski definition) is 2. The summed E-state index contributed by atoms with van der Waals surface area (Å²) in [5.74, 6) is -0.616. The van der Waals surface area contributed by atoms with Crippen LogP contribution in [0.5, 0.6) is 5.75 Å². The van der Waals surface area contributed by atoms with Crippen molar-refractivity contribution in [3.8, 4) is 5.75 Å². The van der Waals surface area contributed by atoms with Crippen molar-refractivity contribution < 1.29 is 23.9 Å². The first-order valence-corrected chi connectivity index (χ1v) is 9.93. The van der Waals surface area contributed by atoms with Crippen molar-refractivity contribution in [3.63, 3.8) is 0 Å². The van der Waals surface area contributed by atoms with Gasteiger partial charge in [0.2, 0.25) is 5.91 Å². The van der Waals surface area contributed by atoms with Gasteiger partial charge in [-0.05, 0) is 30.0 Å². The Morgan fingerprint density at radius 2 is 1.45 bits per heavy atom. The highest BCUT2D eigenvalue weighted by Crippen LogP contribution is 2.24. The van der Waals surface area contributed by atoms with Crippen molar-refractivity contribution in [1.29, 1.82) is 0 Å². The summed E-state index contributed by atoms with van der Waals surface area (Å²) in [7, 11) is 1.53. The number of benzene rings is 3. The van der Waals surface area contributed by atoms with Gasteiger partial charge in [0.15, 0.2) is 6.61 Å². The molecule has 0 bridgehead atoms. The molecule has 7 nitrogen and oxygen atoms in total. The fourth-order valence-electron chi connectivity index (χ4n) is 3.09. The molecule has 7 heteroatoms. The minimum atomic E-state index is -0.529. The molecule has 31 heavy (non-hydrogen) atoms. The van der Waals surface area contributed by atoms with E-state index in [4.69, 9.17) is 9.47 Å². The molecule has 3 rings (SSSR count). The summed E-state index contributed by atoms with van der Waals surface area (Å²) in [6.45, 7) is -0.379. The number of carbonyl (C=O) groups excluding carboxylic acids is 3. The zero-order chi connectivity index (χ0) is 22.1. The summed E-state index contributed by atoms with van der Waals surface area (Å²) < 4.78 is 10.2. The maximum absolute atomic E-state index is 12.1. The van der Waals surface area contributed by atoms with Gasteiger partial charge in [0.25, 0.3) is 5.91 Å². The van der Waals surface area contributed by atoms with Crippen LogP contribution in [0.3, 0.4) is 0 Å². The van der Waals surface area contributed by atoms with Gasteiger partial charge < -0.3 is 20.1 Å². The van der Waals surface area contributed by atoms with Gasteiger partial charge in [0, 0.05) is 23.9 Å². The van der Waals surface area contributed by atoms with E-state index in [0.717, 1.165) is 10.8 Å². The first-order valence-electron chi connectivity index (χ1n) is 9.93. The summed E-state index contributed by atoms with van der Waals surface area (Å²) >= 11 is 0. The van der Waals surface area contributed by atoms with Gasteiger partial charge in [0.1, 0.15) is 5.75 Å². The SMILES string of the molecule is COc1ccccc1NC(=O)CCCC(=O)OCC(=O)Nc1cccc2ccccc12. The smallest absolute Gasteiger partial charge is 0.306 e. The van der Waals surface area contributed by atoms with Gasteiger partial charge in [-0.25, -0.2) is 0 Å². The molecule has 0 saturated carbocycles. The molecule has 0 aliphatic rings. The van der Waals surface area contributed by atoms with Gasteiger partial charge in [0.05, 0.1) is 12.8 Å². The van der Waals surface area contributed by atoms with Crippen LogP contribution >= 0.6 is 0 Å². The van der Waals surface area contributed by atoms with Gasteiger partial charge in [-0.3, -0.25) is 14.4 Å². The van der Waals surface area contributed by atoms with E-state index in [-0.39, 0.29) is 25.4 Å². The number of anilines is 2. The highest BCUT2D eigenvalue weighted by Gasteiger charge is 2.11. The van der Waals surface area contributed by atoms with Crippen LogP contribution in [0.4, 0.5) is 11.4 Å². The number of para-hydroxylation sites is 2. The molecule has 2 amide bonds. The lowest BCUT2D eigenvalue weighted by molar-refractivity contribution is -0.147. The summed E-state index contributed by atoms with van der Waals surface area (Å²) in [5.41, 5.74) is 1.23. The predicted molar refractivity (Wildman–Crippen MR) is 119 cm³/mol. The van der Waals surface area contributed by atoms with Crippen LogP contribution in [0, 0.1) is 0 Å². The summed E-state index contributed by atoms with van der Waals surface area (Å²) in [6.07, 6.45) is 0.501. The van der Waals surface area contributed by atoms with Crippen LogP contribution < -0.4 is 15.4 Å². The average molecular weight is 420 g/mol. The monoisotopic (exact) mass is 420 g/mol. The van der Waals surface area contributed by atoms with Crippen molar-refractivity contribution in [2.45, 2.75) is 19.3 Å². The number of rotatable bonds is 9. The third-order valence-electron chi connectivity index (χ3n) is 4.59. The zero-order valence-corrected chi connectivity index (χ0v) is 17.2. The van der Waals surface area contributed by atoms with Crippen LogP contribution in [-0.2, 0) is 19.1 Å². The molecule has 2 N–H and O–H groups in total. The van der Waals surface area contributed by atoms with Crippen molar-refractivity contribution >= 4 is 39.9 Å². The van der Waals surface area contributed by atoms with Gasteiger partial charge >= 0.3 is 5.97 Å². The summed E-state index contributed by atoms with van der Waals surface area (Å²) in [6, 6.07) is 20.4. The van der Waals surface area contributed by atoms with Crippen molar-refractivity contribution in [2.24, 2.45) is 0 Å². The lowest BCUT2D eigenvalue weighted by Gasteiger charge is -2.10. The standard InChI is InChI=1S/C24H24N2O5/c1-30-21-13-5-4-11-20(21)26-22(27)14-7-15-24(29)31-16-23(28)25-19-12-6-9-17-8-2-3-10-18(17)19/h2-6,8-13H,7,14-16H2,1H3,(H,25,28)(H,26,27). The maximum Gasteiger partial charge on any atom is 0.306 e. The Morgan fingerprint density at radius 3 is 2.29 bits per heavy atom. The number of amides is 2. The Labute approximate surface area is 180 Å². The molecule has 0 aliphatic heterocycles. The minimum Gasteiger partial charge on any atom is -0.495 e. The lowest BCUT2D eigenvalue weighted by Crippen LogP contribution is -2.21. The Kier molecular flexibility index (Phi) is 7.59. The van der Waals surface area contributed by atoms with E-state index in [0.29, 0.717) is 23.5 Å². The molecule has 0 radical (unpaired) electrons. The molecule has 0 saturated heterocycles. The fraction of sp³-hybridized carbons (Fsp3) is 0.208. The van der Waals surface area contributed by atoms with Gasteiger partial charge in [-0.15, -0.1) is 0 Å². The van der Waals surface area contributed by atoms with E-state index >= 15 is 0 Å². The Balaban J connectivity index is 1.39. The van der Waals surface area contributed by atoms with Crippen LogP contribution in [0.15, 0.2) is 66.7 Å². The van der Waals surface area contributed by atoms with E-state index in [2.05, 4.69) is 10.6 Å². The first-order chi connectivity index (χ1) is 15.1. The third-order valence-corrected chi connectivity index (χ3v) is 4.59. The molecular weight excluding hydrogens is 396 g/mol. The molecule has 3 aromatic rings. The Morgan fingerprint density at radius 1 is 0.774 bits per heavy atom. The molecule has 160 valence electrons. The van der Waals surface area contributed by atoms with E-state index < -0.39 is 11.9 Å². The van der Waals surface area contributed by atoms with Crippen molar-refractivity contribution in [1.82, 2.24) is 0 Å². The Hall–Kier alpha value is -3.87. The maximum atomic E-state index is 12.1. The minimum absolute atomic E-state index is 0.0426. The quantitative estimate of drug-likeness (QED) is 0.508. The second-order valence-electron chi connectivity index (χ2n) is 6.84. The third kappa shape index (κ3) is 6.30. The molecule has 0 atom stereocenters. The van der Waals surface area contributed by atoms with E-state index in [1.165, 1.54) is 7.11 Å². The normalized spacial score (nSPS) is 10.4. The molecule has 0 aliphatic carbocycles. The first kappa shape index (κ1) is 21.8. The number of nitrogens with one attached hydrogen (secondary N) is 2. The van der Waals surface area contributed by atoms with Crippen molar-refractivity contribution in [2.75, 3.05) is 24.4 Å². The lowest BCUT2D eigenvalue weighted by atomic mass is 10.1. The van der Waals surface area contributed by atoms with Gasteiger partial charge in [-0.2, -0.15) is 0 Å². The zero-order valence-electron chi connectivity index (χ0n) is 17.2. The van der Waals surface area contributed by atoms with Crippen LogP contribution in [0.1, 0.15) is 19.3 Å². The highest BCUT2D eigenvalue weighted by atomic mass is 16.5. The number of methoxy groups -OCH3 is 1. The summed E-state index contributed by atoms with van der Waals surface area (Å²) in [4.78, 5) is 36.1. The van der Waals surface area contributed by atoms with Gasteiger partial charge in [-0.1, -0.05) is 48.5 Å².